The molecule has 74 valence electrons. The summed E-state index contributed by atoms with van der Waals surface area (Å²) in [7, 11) is 0. The maximum absolute atomic E-state index is 3.67. The summed E-state index contributed by atoms with van der Waals surface area (Å²) in [5.74, 6) is 0. The highest BCUT2D eigenvalue weighted by Crippen LogP contribution is 2.34. The van der Waals surface area contributed by atoms with E-state index >= 15 is 0 Å². The molecule has 2 aliphatic rings. The van der Waals surface area contributed by atoms with Gasteiger partial charge in [-0.25, -0.2) is 0 Å². The Balaban J connectivity index is 0.000000605. The Hall–Kier alpha value is 0.540. The Bertz CT molecular complexity index is 114. The van der Waals surface area contributed by atoms with Gasteiger partial charge in [0, 0.05) is 5.54 Å². The van der Waals surface area contributed by atoms with Gasteiger partial charge < -0.3 is 5.32 Å². The van der Waals surface area contributed by atoms with E-state index in [1.165, 1.54) is 51.5 Å². The molecule has 1 aliphatic heterocycles. The van der Waals surface area contributed by atoms with Crippen LogP contribution in [-0.2, 0) is 0 Å². The maximum atomic E-state index is 3.67. The number of hydrogen-bond acceptors (Lipinski definition) is 1. The van der Waals surface area contributed by atoms with Gasteiger partial charge in [0.05, 0.1) is 0 Å². The molecular weight excluding hydrogens is 193 g/mol. The second-order valence-electron chi connectivity index (χ2n) is 3.87. The molecule has 1 aliphatic carbocycles. The van der Waals surface area contributed by atoms with Crippen LogP contribution in [0.2, 0.25) is 0 Å². The van der Waals surface area contributed by atoms with Crippen molar-refractivity contribution in [3.63, 3.8) is 0 Å². The molecule has 1 saturated heterocycles. The zero-order chi connectivity index (χ0) is 6.86. The minimum atomic E-state index is 0. The summed E-state index contributed by atoms with van der Waals surface area (Å²) in [5.41, 5.74) is 0.623. The van der Waals surface area contributed by atoms with Gasteiger partial charge in [-0.05, 0) is 32.2 Å². The summed E-state index contributed by atoms with van der Waals surface area (Å²) in [6.45, 7) is 1.28. The minimum Gasteiger partial charge on any atom is -0.311 e. The van der Waals surface area contributed by atoms with Gasteiger partial charge in [0.1, 0.15) is 0 Å². The zero-order valence-electron chi connectivity index (χ0n) is 7.47. The lowest BCUT2D eigenvalue weighted by Crippen LogP contribution is -2.41. The van der Waals surface area contributed by atoms with Crippen molar-refractivity contribution in [3.8, 4) is 0 Å². The summed E-state index contributed by atoms with van der Waals surface area (Å²) >= 11 is 0. The molecule has 0 aromatic carbocycles. The maximum Gasteiger partial charge on any atom is 0.0182 e. The van der Waals surface area contributed by atoms with Crippen molar-refractivity contribution in [1.29, 1.82) is 0 Å². The van der Waals surface area contributed by atoms with Crippen LogP contribution >= 0.6 is 24.8 Å². The van der Waals surface area contributed by atoms with E-state index in [9.17, 15) is 0 Å². The van der Waals surface area contributed by atoms with Gasteiger partial charge in [0.25, 0.3) is 0 Å². The molecule has 2 rings (SSSR count). The van der Waals surface area contributed by atoms with E-state index in [0.29, 0.717) is 5.54 Å². The Morgan fingerprint density at radius 2 is 1.33 bits per heavy atom. The lowest BCUT2D eigenvalue weighted by Gasteiger charge is -2.33. The monoisotopic (exact) mass is 211 g/mol. The van der Waals surface area contributed by atoms with Crippen LogP contribution in [0.4, 0.5) is 0 Å². The molecule has 1 N–H and O–H groups in total. The van der Waals surface area contributed by atoms with E-state index in [2.05, 4.69) is 5.32 Å². The van der Waals surface area contributed by atoms with Crippen LogP contribution in [0.5, 0.6) is 0 Å². The molecule has 1 nitrogen and oxygen atoms in total. The van der Waals surface area contributed by atoms with Crippen LogP contribution in [0, 0.1) is 0 Å². The highest BCUT2D eigenvalue weighted by Gasteiger charge is 2.33. The Morgan fingerprint density at radius 3 is 1.83 bits per heavy atom. The van der Waals surface area contributed by atoms with Crippen LogP contribution in [0.3, 0.4) is 0 Å². The Kier molecular flexibility index (Phi) is 5.55. The summed E-state index contributed by atoms with van der Waals surface area (Å²) in [6.07, 6.45) is 10.2. The van der Waals surface area contributed by atoms with Crippen LogP contribution in [-0.4, -0.2) is 12.1 Å². The second kappa shape index (κ2) is 5.31. The van der Waals surface area contributed by atoms with Crippen molar-refractivity contribution in [2.45, 2.75) is 50.5 Å². The average molecular weight is 212 g/mol. The fraction of sp³-hybridized carbons (Fsp3) is 1.00. The van der Waals surface area contributed by atoms with E-state index in [4.69, 9.17) is 0 Å². The van der Waals surface area contributed by atoms with Gasteiger partial charge in [-0.1, -0.05) is 19.3 Å². The largest absolute Gasteiger partial charge is 0.311 e. The van der Waals surface area contributed by atoms with Crippen LogP contribution in [0.1, 0.15) is 44.9 Å². The molecule has 1 heterocycles. The second-order valence-corrected chi connectivity index (χ2v) is 3.87. The summed E-state index contributed by atoms with van der Waals surface area (Å²) in [4.78, 5) is 0. The molecule has 0 radical (unpaired) electrons. The highest BCUT2D eigenvalue weighted by atomic mass is 35.5. The number of nitrogens with one attached hydrogen (secondary N) is 1. The SMILES string of the molecule is C1CCC2(CC1)CCCN2.Cl.Cl. The third-order valence-electron chi connectivity index (χ3n) is 3.14. The zero-order valence-corrected chi connectivity index (χ0v) is 9.11. The van der Waals surface area contributed by atoms with E-state index in [1.807, 2.05) is 0 Å². The lowest BCUT2D eigenvalue weighted by molar-refractivity contribution is 0.264. The Labute approximate surface area is 87.5 Å². The van der Waals surface area contributed by atoms with Crippen molar-refractivity contribution < 1.29 is 0 Å². The predicted molar refractivity (Wildman–Crippen MR) is 57.5 cm³/mol. The summed E-state index contributed by atoms with van der Waals surface area (Å²) < 4.78 is 0. The molecule has 0 aromatic rings. The number of halogens is 2. The van der Waals surface area contributed by atoms with Crippen LogP contribution in [0.15, 0.2) is 0 Å². The summed E-state index contributed by atoms with van der Waals surface area (Å²) in [5, 5.41) is 3.67. The molecule has 0 atom stereocenters. The molecule has 0 aromatic heterocycles. The molecule has 1 saturated carbocycles. The van der Waals surface area contributed by atoms with Gasteiger partial charge in [-0.15, -0.1) is 24.8 Å². The van der Waals surface area contributed by atoms with Crippen molar-refractivity contribution in [2.24, 2.45) is 0 Å². The van der Waals surface area contributed by atoms with Crippen molar-refractivity contribution in [2.75, 3.05) is 6.54 Å². The van der Waals surface area contributed by atoms with Crippen molar-refractivity contribution in [3.05, 3.63) is 0 Å². The first-order valence-corrected chi connectivity index (χ1v) is 4.66. The van der Waals surface area contributed by atoms with Crippen LogP contribution < -0.4 is 5.32 Å². The molecule has 0 bridgehead atoms. The molecule has 1 spiro atoms. The van der Waals surface area contributed by atoms with Crippen molar-refractivity contribution in [1.82, 2.24) is 5.32 Å². The average Bonchev–Trinajstić information content (AvgIpc) is 2.39. The van der Waals surface area contributed by atoms with E-state index in [-0.39, 0.29) is 24.8 Å². The summed E-state index contributed by atoms with van der Waals surface area (Å²) in [6, 6.07) is 0. The normalized spacial score (nSPS) is 26.0. The van der Waals surface area contributed by atoms with Gasteiger partial charge in [-0.3, -0.25) is 0 Å². The van der Waals surface area contributed by atoms with Gasteiger partial charge in [-0.2, -0.15) is 0 Å². The van der Waals surface area contributed by atoms with Gasteiger partial charge in [0.2, 0.25) is 0 Å². The predicted octanol–water partition coefficient (Wildman–Crippen LogP) is 2.92. The Morgan fingerprint density at radius 1 is 0.750 bits per heavy atom. The first kappa shape index (κ1) is 12.5. The fourth-order valence-corrected chi connectivity index (χ4v) is 2.52. The van der Waals surface area contributed by atoms with Gasteiger partial charge >= 0.3 is 0 Å². The molecule has 12 heavy (non-hydrogen) atoms. The molecule has 3 heteroatoms. The smallest absolute Gasteiger partial charge is 0.0182 e. The molecule has 0 unspecified atom stereocenters. The molecular formula is C9H19Cl2N. The molecule has 0 amide bonds. The van der Waals surface area contributed by atoms with Gasteiger partial charge in [0.15, 0.2) is 0 Å². The third-order valence-corrected chi connectivity index (χ3v) is 3.14. The lowest BCUT2D eigenvalue weighted by atomic mass is 9.81. The van der Waals surface area contributed by atoms with Crippen molar-refractivity contribution >= 4 is 24.8 Å². The van der Waals surface area contributed by atoms with E-state index in [0.717, 1.165) is 0 Å². The quantitative estimate of drug-likeness (QED) is 0.651. The fourth-order valence-electron chi connectivity index (χ4n) is 2.52. The van der Waals surface area contributed by atoms with E-state index in [1.54, 1.807) is 0 Å². The van der Waals surface area contributed by atoms with Crippen LogP contribution in [0.25, 0.3) is 0 Å². The molecule has 2 fully saturated rings. The first-order valence-electron chi connectivity index (χ1n) is 4.66. The first-order chi connectivity index (χ1) is 4.91. The number of rotatable bonds is 0. The number of hydrogen-bond donors (Lipinski definition) is 1. The topological polar surface area (TPSA) is 12.0 Å². The minimum absolute atomic E-state index is 0. The highest BCUT2D eigenvalue weighted by molar-refractivity contribution is 5.85. The standard InChI is InChI=1S/C9H17N.2ClH/c1-2-5-9(6-3-1)7-4-8-10-9;;/h10H,1-8H2;2*1H. The third kappa shape index (κ3) is 2.51. The van der Waals surface area contributed by atoms with E-state index < -0.39 is 0 Å².